The van der Waals surface area contributed by atoms with Crippen LogP contribution in [-0.4, -0.2) is 10.2 Å². The van der Waals surface area contributed by atoms with Gasteiger partial charge < -0.3 is 0 Å². The zero-order valence-electron chi connectivity index (χ0n) is 20.1. The predicted octanol–water partition coefficient (Wildman–Crippen LogP) is 8.14. The van der Waals surface area contributed by atoms with Gasteiger partial charge in [-0.1, -0.05) is 98.4 Å². The van der Waals surface area contributed by atoms with Crippen molar-refractivity contribution < 1.29 is 0 Å². The third kappa shape index (κ3) is 3.69. The van der Waals surface area contributed by atoms with E-state index in [4.69, 9.17) is 0 Å². The maximum atomic E-state index is 9.96. The van der Waals surface area contributed by atoms with E-state index in [1.165, 1.54) is 10.5 Å². The Balaban J connectivity index is 1.44. The molecule has 0 saturated heterocycles. The van der Waals surface area contributed by atoms with E-state index in [0.717, 1.165) is 49.7 Å². The molecule has 0 bridgehead atoms. The van der Waals surface area contributed by atoms with Crippen LogP contribution in [0.4, 0.5) is 0 Å². The van der Waals surface area contributed by atoms with Gasteiger partial charge in [-0.05, 0) is 52.6 Å². The summed E-state index contributed by atoms with van der Waals surface area (Å²) in [7, 11) is 0. The van der Waals surface area contributed by atoms with Crippen LogP contribution in [0.15, 0.2) is 113 Å². The fourth-order valence-electron chi connectivity index (χ4n) is 5.04. The molecule has 36 heavy (non-hydrogen) atoms. The molecule has 3 nitrogen and oxygen atoms in total. The first-order chi connectivity index (χ1) is 17.6. The number of nitriles is 1. The molecule has 1 aliphatic rings. The van der Waals surface area contributed by atoms with Crippen molar-refractivity contribution >= 4 is 11.8 Å². The summed E-state index contributed by atoms with van der Waals surface area (Å²) >= 11 is 1.76. The summed E-state index contributed by atoms with van der Waals surface area (Å²) in [6.45, 7) is 4.44. The van der Waals surface area contributed by atoms with E-state index < -0.39 is 0 Å². The second kappa shape index (κ2) is 8.78. The van der Waals surface area contributed by atoms with Gasteiger partial charge in [0.1, 0.15) is 0 Å². The van der Waals surface area contributed by atoms with Gasteiger partial charge in [0.2, 0.25) is 0 Å². The van der Waals surface area contributed by atoms with E-state index in [2.05, 4.69) is 84.7 Å². The molecule has 0 N–H and O–H groups in total. The third-order valence-electron chi connectivity index (χ3n) is 6.88. The highest BCUT2D eigenvalue weighted by Crippen LogP contribution is 2.53. The van der Waals surface area contributed by atoms with Gasteiger partial charge in [0.05, 0.1) is 23.0 Å². The first-order valence-corrected chi connectivity index (χ1v) is 12.7. The molecular formula is C32H23N3S. The van der Waals surface area contributed by atoms with Gasteiger partial charge >= 0.3 is 0 Å². The molecule has 5 aromatic rings. The van der Waals surface area contributed by atoms with Crippen molar-refractivity contribution in [2.75, 3.05) is 0 Å². The summed E-state index contributed by atoms with van der Waals surface area (Å²) in [6, 6.07) is 37.6. The van der Waals surface area contributed by atoms with Crippen LogP contribution in [0.3, 0.4) is 0 Å². The van der Waals surface area contributed by atoms with Crippen LogP contribution >= 0.6 is 11.8 Å². The lowest BCUT2D eigenvalue weighted by Crippen LogP contribution is -2.25. The fourth-order valence-corrected chi connectivity index (χ4v) is 6.60. The van der Waals surface area contributed by atoms with Gasteiger partial charge in [-0.2, -0.15) is 5.26 Å². The van der Waals surface area contributed by atoms with E-state index in [9.17, 15) is 5.26 Å². The minimum absolute atomic E-state index is 0.269. The smallest absolute Gasteiger partial charge is 0.0995 e. The lowest BCUT2D eigenvalue weighted by atomic mass is 9.75. The number of aromatic nitrogens is 2. The average Bonchev–Trinajstić information content (AvgIpc) is 2.93. The SMILES string of the molecule is CC1(C)c2ccccc2Sc2c(-c3cccc(-c4ccc(-c5ccccc5)nn4)c3)ccc(C#N)c21. The van der Waals surface area contributed by atoms with Gasteiger partial charge in [-0.15, -0.1) is 10.2 Å². The topological polar surface area (TPSA) is 49.6 Å². The Morgan fingerprint density at radius 3 is 2.11 bits per heavy atom. The standard InChI is InChI=1S/C32H23N3S/c1-32(2)26-13-6-7-14-29(26)36-31-25(16-15-24(20-33)30(31)32)22-11-8-12-23(19-22)28-18-17-27(34-35-28)21-9-4-3-5-10-21/h3-19H,1-2H3. The lowest BCUT2D eigenvalue weighted by molar-refractivity contribution is 0.606. The van der Waals surface area contributed by atoms with E-state index in [0.29, 0.717) is 0 Å². The molecule has 1 aliphatic heterocycles. The van der Waals surface area contributed by atoms with Gasteiger partial charge in [-0.3, -0.25) is 0 Å². The third-order valence-corrected chi connectivity index (χ3v) is 8.08. The zero-order valence-corrected chi connectivity index (χ0v) is 20.9. The Morgan fingerprint density at radius 2 is 1.36 bits per heavy atom. The molecule has 0 radical (unpaired) electrons. The number of hydrogen-bond acceptors (Lipinski definition) is 4. The van der Waals surface area contributed by atoms with Crippen molar-refractivity contribution in [2.24, 2.45) is 0 Å². The molecule has 0 saturated carbocycles. The molecule has 0 unspecified atom stereocenters. The van der Waals surface area contributed by atoms with Crippen molar-refractivity contribution in [1.82, 2.24) is 10.2 Å². The van der Waals surface area contributed by atoms with Crippen LogP contribution in [0.1, 0.15) is 30.5 Å². The van der Waals surface area contributed by atoms with Crippen molar-refractivity contribution in [1.29, 1.82) is 5.26 Å². The van der Waals surface area contributed by atoms with E-state index >= 15 is 0 Å². The Bertz CT molecular complexity index is 1630. The fraction of sp³-hybridized carbons (Fsp3) is 0.0938. The molecule has 4 aromatic carbocycles. The van der Waals surface area contributed by atoms with Crippen LogP contribution in [0.5, 0.6) is 0 Å². The van der Waals surface area contributed by atoms with Crippen LogP contribution in [0.2, 0.25) is 0 Å². The number of benzene rings is 4. The Morgan fingerprint density at radius 1 is 0.694 bits per heavy atom. The normalized spacial score (nSPS) is 13.4. The molecule has 0 atom stereocenters. The van der Waals surface area contributed by atoms with Gasteiger partial charge in [-0.25, -0.2) is 0 Å². The Labute approximate surface area is 215 Å². The van der Waals surface area contributed by atoms with Gasteiger partial charge in [0, 0.05) is 26.3 Å². The lowest BCUT2D eigenvalue weighted by Gasteiger charge is -2.36. The van der Waals surface area contributed by atoms with Crippen molar-refractivity contribution in [2.45, 2.75) is 29.1 Å². The highest BCUT2D eigenvalue weighted by molar-refractivity contribution is 7.99. The summed E-state index contributed by atoms with van der Waals surface area (Å²) in [5.74, 6) is 0. The second-order valence-electron chi connectivity index (χ2n) is 9.45. The Hall–Kier alpha value is -4.20. The first-order valence-electron chi connectivity index (χ1n) is 11.9. The maximum Gasteiger partial charge on any atom is 0.0995 e. The quantitative estimate of drug-likeness (QED) is 0.261. The van der Waals surface area contributed by atoms with Crippen LogP contribution in [-0.2, 0) is 5.41 Å². The van der Waals surface area contributed by atoms with Crippen molar-refractivity contribution in [3.63, 3.8) is 0 Å². The molecule has 6 rings (SSSR count). The largest absolute Gasteiger partial charge is 0.192 e. The summed E-state index contributed by atoms with van der Waals surface area (Å²) < 4.78 is 0. The number of rotatable bonds is 3. The number of fused-ring (bicyclic) bond motifs is 2. The van der Waals surface area contributed by atoms with E-state index in [1.54, 1.807) is 11.8 Å². The first kappa shape index (κ1) is 22.3. The van der Waals surface area contributed by atoms with Crippen LogP contribution in [0.25, 0.3) is 33.6 Å². The summed E-state index contributed by atoms with van der Waals surface area (Å²) in [6.07, 6.45) is 0. The van der Waals surface area contributed by atoms with Crippen LogP contribution in [0, 0.1) is 11.3 Å². The monoisotopic (exact) mass is 481 g/mol. The predicted molar refractivity (Wildman–Crippen MR) is 146 cm³/mol. The summed E-state index contributed by atoms with van der Waals surface area (Å²) in [4.78, 5) is 2.39. The Kier molecular flexibility index (Phi) is 5.44. The molecular weight excluding hydrogens is 458 g/mol. The number of hydrogen-bond donors (Lipinski definition) is 0. The van der Waals surface area contributed by atoms with Gasteiger partial charge in [0.25, 0.3) is 0 Å². The summed E-state index contributed by atoms with van der Waals surface area (Å²) in [5.41, 5.74) is 8.81. The van der Waals surface area contributed by atoms with Gasteiger partial charge in [0.15, 0.2) is 0 Å². The van der Waals surface area contributed by atoms with Crippen LogP contribution < -0.4 is 0 Å². The molecule has 4 heteroatoms. The molecule has 0 amide bonds. The van der Waals surface area contributed by atoms with E-state index in [-0.39, 0.29) is 5.41 Å². The van der Waals surface area contributed by atoms with E-state index in [1.807, 2.05) is 48.5 Å². The van der Waals surface area contributed by atoms with Crippen molar-refractivity contribution in [3.8, 4) is 39.7 Å². The highest BCUT2D eigenvalue weighted by Gasteiger charge is 2.36. The molecule has 0 fully saturated rings. The minimum Gasteiger partial charge on any atom is -0.192 e. The minimum atomic E-state index is -0.269. The molecule has 172 valence electrons. The molecule has 0 aliphatic carbocycles. The molecule has 0 spiro atoms. The number of nitrogens with zero attached hydrogens (tertiary/aromatic N) is 3. The summed E-state index contributed by atoms with van der Waals surface area (Å²) in [5, 5.41) is 19.0. The maximum absolute atomic E-state index is 9.96. The highest BCUT2D eigenvalue weighted by atomic mass is 32.2. The van der Waals surface area contributed by atoms with Crippen molar-refractivity contribution in [3.05, 3.63) is 120 Å². The second-order valence-corrected chi connectivity index (χ2v) is 10.5. The average molecular weight is 482 g/mol. The molecule has 1 aromatic heterocycles. The molecule has 2 heterocycles. The zero-order chi connectivity index (χ0) is 24.7.